The lowest BCUT2D eigenvalue weighted by atomic mass is 9.96. The van der Waals surface area contributed by atoms with Gasteiger partial charge in [-0.25, -0.2) is 0 Å². The van der Waals surface area contributed by atoms with E-state index in [-0.39, 0.29) is 23.0 Å². The molecule has 1 atom stereocenters. The fourth-order valence-electron chi connectivity index (χ4n) is 1.61. The van der Waals surface area contributed by atoms with Crippen LogP contribution in [-0.4, -0.2) is 11.5 Å². The number of aryl methyl sites for hydroxylation is 1. The Bertz CT molecular complexity index is 378. The Morgan fingerprint density at radius 3 is 2.67 bits per heavy atom. The fourth-order valence-corrected chi connectivity index (χ4v) is 1.61. The van der Waals surface area contributed by atoms with Gasteiger partial charge in [-0.15, -0.1) is 12.4 Å². The van der Waals surface area contributed by atoms with E-state index in [0.29, 0.717) is 6.04 Å². The first-order valence-corrected chi connectivity index (χ1v) is 4.67. The monoisotopic (exact) mass is 228 g/mol. The molecule has 5 heteroatoms. The van der Waals surface area contributed by atoms with E-state index >= 15 is 0 Å². The standard InChI is InChI=1S/C10H12N2O2.ClH/c1-7-2-3-8(9-4-5-11-9)6-10(7)12(13)14;/h2-3,6,9,11H,4-5H2,1H3;1H/t9-;/m0./s1. The molecule has 0 unspecified atom stereocenters. The van der Waals surface area contributed by atoms with Crippen molar-refractivity contribution in [3.8, 4) is 0 Å². The molecule has 1 saturated heterocycles. The van der Waals surface area contributed by atoms with Gasteiger partial charge in [0.1, 0.15) is 0 Å². The van der Waals surface area contributed by atoms with Crippen molar-refractivity contribution in [2.24, 2.45) is 0 Å². The summed E-state index contributed by atoms with van der Waals surface area (Å²) in [6, 6.07) is 5.76. The molecule has 4 nitrogen and oxygen atoms in total. The van der Waals surface area contributed by atoms with Gasteiger partial charge in [-0.2, -0.15) is 0 Å². The predicted octanol–water partition coefficient (Wildman–Crippen LogP) is 2.36. The van der Waals surface area contributed by atoms with Crippen molar-refractivity contribution in [3.05, 3.63) is 39.4 Å². The molecule has 0 radical (unpaired) electrons. The summed E-state index contributed by atoms with van der Waals surface area (Å²) in [4.78, 5) is 10.4. The Labute approximate surface area is 94.2 Å². The molecule has 1 aromatic rings. The van der Waals surface area contributed by atoms with Gasteiger partial charge in [0.25, 0.3) is 5.69 Å². The Kier molecular flexibility index (Phi) is 3.66. The molecule has 0 amide bonds. The Balaban J connectivity index is 0.00000112. The van der Waals surface area contributed by atoms with E-state index in [0.717, 1.165) is 24.1 Å². The van der Waals surface area contributed by atoms with Crippen molar-refractivity contribution in [2.75, 3.05) is 6.54 Å². The van der Waals surface area contributed by atoms with E-state index in [2.05, 4.69) is 5.32 Å². The quantitative estimate of drug-likeness (QED) is 0.625. The highest BCUT2D eigenvalue weighted by molar-refractivity contribution is 5.85. The first kappa shape index (κ1) is 11.9. The van der Waals surface area contributed by atoms with Gasteiger partial charge in [-0.3, -0.25) is 10.1 Å². The number of nitrogens with zero attached hydrogens (tertiary/aromatic N) is 1. The summed E-state index contributed by atoms with van der Waals surface area (Å²) in [6.07, 6.45) is 1.07. The van der Waals surface area contributed by atoms with E-state index in [4.69, 9.17) is 0 Å². The smallest absolute Gasteiger partial charge is 0.272 e. The van der Waals surface area contributed by atoms with Crippen molar-refractivity contribution in [2.45, 2.75) is 19.4 Å². The molecular formula is C10H13ClN2O2. The van der Waals surface area contributed by atoms with Crippen LogP contribution in [0, 0.1) is 17.0 Å². The van der Waals surface area contributed by atoms with Gasteiger partial charge in [0.05, 0.1) is 4.92 Å². The number of rotatable bonds is 2. The van der Waals surface area contributed by atoms with Gasteiger partial charge in [0.15, 0.2) is 0 Å². The van der Waals surface area contributed by atoms with Gasteiger partial charge in [0, 0.05) is 17.7 Å². The second-order valence-electron chi connectivity index (χ2n) is 3.60. The number of nitro benzene ring substituents is 1. The van der Waals surface area contributed by atoms with Crippen LogP contribution in [0.3, 0.4) is 0 Å². The number of nitrogens with one attached hydrogen (secondary N) is 1. The van der Waals surface area contributed by atoms with Crippen LogP contribution in [0.25, 0.3) is 0 Å². The molecule has 1 aromatic carbocycles. The largest absolute Gasteiger partial charge is 0.310 e. The molecule has 15 heavy (non-hydrogen) atoms. The van der Waals surface area contributed by atoms with Crippen LogP contribution in [0.2, 0.25) is 0 Å². The molecule has 1 heterocycles. The van der Waals surface area contributed by atoms with E-state index in [1.54, 1.807) is 13.0 Å². The summed E-state index contributed by atoms with van der Waals surface area (Å²) in [6.45, 7) is 2.77. The highest BCUT2D eigenvalue weighted by Crippen LogP contribution is 2.27. The summed E-state index contributed by atoms with van der Waals surface area (Å²) in [5.41, 5.74) is 1.96. The third-order valence-electron chi connectivity index (χ3n) is 2.66. The predicted molar refractivity (Wildman–Crippen MR) is 60.4 cm³/mol. The van der Waals surface area contributed by atoms with Gasteiger partial charge in [-0.1, -0.05) is 12.1 Å². The lowest BCUT2D eigenvalue weighted by molar-refractivity contribution is -0.385. The molecule has 0 bridgehead atoms. The SMILES string of the molecule is Cc1ccc([C@@H]2CCN2)cc1[N+](=O)[O-].Cl. The number of benzene rings is 1. The third-order valence-corrected chi connectivity index (χ3v) is 2.66. The normalized spacial score (nSPS) is 18.9. The number of halogens is 1. The van der Waals surface area contributed by atoms with Crippen molar-refractivity contribution in [3.63, 3.8) is 0 Å². The third kappa shape index (κ3) is 2.27. The van der Waals surface area contributed by atoms with Gasteiger partial charge in [-0.05, 0) is 25.5 Å². The molecule has 0 aliphatic carbocycles. The Morgan fingerprint density at radius 2 is 2.20 bits per heavy atom. The molecule has 82 valence electrons. The number of hydrogen-bond acceptors (Lipinski definition) is 3. The molecule has 0 saturated carbocycles. The van der Waals surface area contributed by atoms with Crippen molar-refractivity contribution >= 4 is 18.1 Å². The maximum Gasteiger partial charge on any atom is 0.272 e. The molecule has 2 rings (SSSR count). The van der Waals surface area contributed by atoms with Crippen LogP contribution in [0.15, 0.2) is 18.2 Å². The van der Waals surface area contributed by atoms with E-state index in [9.17, 15) is 10.1 Å². The molecule has 0 spiro atoms. The van der Waals surface area contributed by atoms with E-state index in [1.807, 2.05) is 12.1 Å². The van der Waals surface area contributed by atoms with Crippen LogP contribution < -0.4 is 5.32 Å². The summed E-state index contributed by atoms with van der Waals surface area (Å²) in [7, 11) is 0. The summed E-state index contributed by atoms with van der Waals surface area (Å²) in [5.74, 6) is 0. The second-order valence-corrected chi connectivity index (χ2v) is 3.60. The summed E-state index contributed by atoms with van der Waals surface area (Å²) in [5, 5.41) is 13.9. The minimum atomic E-state index is -0.322. The minimum absolute atomic E-state index is 0. The van der Waals surface area contributed by atoms with Crippen molar-refractivity contribution < 1.29 is 4.92 Å². The lowest BCUT2D eigenvalue weighted by Gasteiger charge is -2.27. The zero-order valence-corrected chi connectivity index (χ0v) is 9.21. The molecule has 1 N–H and O–H groups in total. The van der Waals surface area contributed by atoms with Crippen molar-refractivity contribution in [1.29, 1.82) is 0 Å². The first-order chi connectivity index (χ1) is 6.68. The summed E-state index contributed by atoms with van der Waals surface area (Å²) >= 11 is 0. The maximum atomic E-state index is 10.7. The highest BCUT2D eigenvalue weighted by atomic mass is 35.5. The average Bonchev–Trinajstić information content (AvgIpc) is 2.04. The number of nitro groups is 1. The summed E-state index contributed by atoms with van der Waals surface area (Å²) < 4.78 is 0. The van der Waals surface area contributed by atoms with Crippen LogP contribution in [-0.2, 0) is 0 Å². The minimum Gasteiger partial charge on any atom is -0.310 e. The van der Waals surface area contributed by atoms with Crippen LogP contribution >= 0.6 is 12.4 Å². The molecule has 1 aliphatic rings. The van der Waals surface area contributed by atoms with Gasteiger partial charge < -0.3 is 5.32 Å². The van der Waals surface area contributed by atoms with Gasteiger partial charge >= 0.3 is 0 Å². The highest BCUT2D eigenvalue weighted by Gasteiger charge is 2.21. The van der Waals surface area contributed by atoms with Crippen LogP contribution in [0.4, 0.5) is 5.69 Å². The molecular weight excluding hydrogens is 216 g/mol. The van der Waals surface area contributed by atoms with Crippen LogP contribution in [0.5, 0.6) is 0 Å². The zero-order valence-electron chi connectivity index (χ0n) is 8.40. The molecule has 1 aliphatic heterocycles. The topological polar surface area (TPSA) is 55.2 Å². The Morgan fingerprint density at radius 1 is 1.53 bits per heavy atom. The average molecular weight is 229 g/mol. The number of hydrogen-bond donors (Lipinski definition) is 1. The van der Waals surface area contributed by atoms with Crippen LogP contribution in [0.1, 0.15) is 23.6 Å². The van der Waals surface area contributed by atoms with Gasteiger partial charge in [0.2, 0.25) is 0 Å². The molecule has 1 fully saturated rings. The first-order valence-electron chi connectivity index (χ1n) is 4.67. The maximum absolute atomic E-state index is 10.7. The van der Waals surface area contributed by atoms with Crippen molar-refractivity contribution in [1.82, 2.24) is 5.32 Å². The fraction of sp³-hybridized carbons (Fsp3) is 0.400. The molecule has 0 aromatic heterocycles. The van der Waals surface area contributed by atoms with E-state index in [1.165, 1.54) is 0 Å². The zero-order chi connectivity index (χ0) is 10.1. The lowest BCUT2D eigenvalue weighted by Crippen LogP contribution is -2.34. The van der Waals surface area contributed by atoms with E-state index < -0.39 is 0 Å². The Hall–Kier alpha value is -1.13. The second kappa shape index (κ2) is 4.59.